The second kappa shape index (κ2) is 4.62. The second-order valence-corrected chi connectivity index (χ2v) is 3.13. The monoisotopic (exact) mass is 226 g/mol. The minimum atomic E-state index is -0.582. The fourth-order valence-corrected chi connectivity index (χ4v) is 1.40. The largest absolute Gasteiger partial charge is 0.496 e. The molecule has 0 saturated heterocycles. The van der Waals surface area contributed by atoms with Crippen molar-refractivity contribution >= 4 is 17.3 Å². The van der Waals surface area contributed by atoms with Gasteiger partial charge >= 0.3 is 0 Å². The summed E-state index contributed by atoms with van der Waals surface area (Å²) in [7, 11) is 1.37. The second-order valence-electron chi connectivity index (χ2n) is 2.70. The molecule has 0 aliphatic carbocycles. The van der Waals surface area contributed by atoms with Crippen molar-refractivity contribution in [3.05, 3.63) is 32.8 Å². The lowest BCUT2D eigenvalue weighted by Gasteiger charge is -2.06. The number of nitro benzene ring substituents is 1. The molecule has 0 aliphatic rings. The fourth-order valence-electron chi connectivity index (χ4n) is 1.20. The first-order chi connectivity index (χ1) is 7.10. The predicted molar refractivity (Wildman–Crippen MR) is 54.0 cm³/mol. The van der Waals surface area contributed by atoms with E-state index in [-0.39, 0.29) is 28.4 Å². The van der Waals surface area contributed by atoms with Crippen LogP contribution in [0.15, 0.2) is 12.1 Å². The van der Waals surface area contributed by atoms with Gasteiger partial charge in [-0.3, -0.25) is 10.1 Å². The van der Waals surface area contributed by atoms with Gasteiger partial charge in [0.25, 0.3) is 5.69 Å². The Morgan fingerprint density at radius 2 is 2.33 bits per heavy atom. The van der Waals surface area contributed by atoms with E-state index in [2.05, 4.69) is 0 Å². The van der Waals surface area contributed by atoms with Crippen molar-refractivity contribution in [2.75, 3.05) is 7.11 Å². The number of ether oxygens (including phenoxy) is 1. The van der Waals surface area contributed by atoms with E-state index in [0.717, 1.165) is 0 Å². The molecule has 0 bridgehead atoms. The maximum atomic E-state index is 10.7. The van der Waals surface area contributed by atoms with Gasteiger partial charge in [0.15, 0.2) is 0 Å². The molecule has 0 aliphatic heterocycles. The van der Waals surface area contributed by atoms with Crippen molar-refractivity contribution in [2.24, 2.45) is 0 Å². The smallest absolute Gasteiger partial charge is 0.278 e. The number of nitro groups is 1. The quantitative estimate of drug-likeness (QED) is 0.585. The Kier molecular flexibility index (Phi) is 3.47. The molecule has 15 heavy (non-hydrogen) atoms. The Hall–Kier alpha value is -1.80. The highest BCUT2D eigenvalue weighted by Gasteiger charge is 2.19. The van der Waals surface area contributed by atoms with Gasteiger partial charge in [-0.25, -0.2) is 0 Å². The van der Waals surface area contributed by atoms with Gasteiger partial charge in [0.1, 0.15) is 5.75 Å². The first-order valence-electron chi connectivity index (χ1n) is 3.98. The molecule has 0 atom stereocenters. The molecular weight excluding hydrogens is 220 g/mol. The summed E-state index contributed by atoms with van der Waals surface area (Å²) in [5.74, 6) is 0.260. The van der Waals surface area contributed by atoms with Crippen molar-refractivity contribution in [2.45, 2.75) is 6.42 Å². The Labute approximate surface area is 91.0 Å². The van der Waals surface area contributed by atoms with Crippen LogP contribution in [0.25, 0.3) is 0 Å². The topological polar surface area (TPSA) is 76.2 Å². The number of nitriles is 1. The summed E-state index contributed by atoms with van der Waals surface area (Å²) in [6, 6.07) is 4.50. The van der Waals surface area contributed by atoms with E-state index in [4.69, 9.17) is 21.6 Å². The van der Waals surface area contributed by atoms with Gasteiger partial charge in [0, 0.05) is 6.07 Å². The van der Waals surface area contributed by atoms with E-state index < -0.39 is 4.92 Å². The number of halogens is 1. The van der Waals surface area contributed by atoms with Gasteiger partial charge in [-0.15, -0.1) is 0 Å². The average Bonchev–Trinajstić information content (AvgIpc) is 2.19. The first-order valence-corrected chi connectivity index (χ1v) is 4.35. The summed E-state index contributed by atoms with van der Waals surface area (Å²) in [4.78, 5) is 10.1. The number of benzene rings is 1. The van der Waals surface area contributed by atoms with E-state index in [1.807, 2.05) is 6.07 Å². The molecule has 0 saturated carbocycles. The Balaban J connectivity index is 3.41. The minimum absolute atomic E-state index is 0.0867. The third-order valence-electron chi connectivity index (χ3n) is 1.82. The van der Waals surface area contributed by atoms with Crippen molar-refractivity contribution in [1.82, 2.24) is 0 Å². The predicted octanol–water partition coefficient (Wildman–Crippen LogP) is 2.32. The number of hydrogen-bond donors (Lipinski definition) is 0. The standard InChI is InChI=1S/C9H7ClN2O3/c1-15-9-5-6(10)4-8(12(13)14)7(9)2-3-11/h4-5H,2H2,1H3. The molecule has 0 fully saturated rings. The number of nitrogens with zero attached hydrogens (tertiary/aromatic N) is 2. The molecule has 0 unspecified atom stereocenters. The minimum Gasteiger partial charge on any atom is -0.496 e. The van der Waals surface area contributed by atoms with E-state index >= 15 is 0 Å². The number of methoxy groups -OCH3 is 1. The van der Waals surface area contributed by atoms with E-state index in [1.165, 1.54) is 19.2 Å². The van der Waals surface area contributed by atoms with Crippen LogP contribution in [0.4, 0.5) is 5.69 Å². The SMILES string of the molecule is COc1cc(Cl)cc([N+](=O)[O-])c1CC#N. The van der Waals surface area contributed by atoms with Crippen molar-refractivity contribution in [3.8, 4) is 11.8 Å². The van der Waals surface area contributed by atoms with Crippen molar-refractivity contribution < 1.29 is 9.66 Å². The van der Waals surface area contributed by atoms with Crippen LogP contribution in [-0.2, 0) is 6.42 Å². The molecule has 0 N–H and O–H groups in total. The Morgan fingerprint density at radius 3 is 2.80 bits per heavy atom. The highest BCUT2D eigenvalue weighted by molar-refractivity contribution is 6.31. The highest BCUT2D eigenvalue weighted by Crippen LogP contribution is 2.32. The van der Waals surface area contributed by atoms with Crippen LogP contribution >= 0.6 is 11.6 Å². The van der Waals surface area contributed by atoms with Crippen LogP contribution in [-0.4, -0.2) is 12.0 Å². The molecule has 0 radical (unpaired) electrons. The van der Waals surface area contributed by atoms with Gasteiger partial charge in [-0.05, 0) is 6.07 Å². The van der Waals surface area contributed by atoms with E-state index in [0.29, 0.717) is 0 Å². The van der Waals surface area contributed by atoms with Gasteiger partial charge in [0.2, 0.25) is 0 Å². The summed E-state index contributed by atoms with van der Waals surface area (Å²) in [5.41, 5.74) is 0.0512. The Morgan fingerprint density at radius 1 is 1.67 bits per heavy atom. The molecule has 0 spiro atoms. The lowest BCUT2D eigenvalue weighted by Crippen LogP contribution is -1.98. The summed E-state index contributed by atoms with van der Waals surface area (Å²) >= 11 is 5.68. The molecule has 1 aromatic carbocycles. The third kappa shape index (κ3) is 2.36. The van der Waals surface area contributed by atoms with Crippen LogP contribution in [0.5, 0.6) is 5.75 Å². The highest BCUT2D eigenvalue weighted by atomic mass is 35.5. The zero-order valence-electron chi connectivity index (χ0n) is 7.86. The van der Waals surface area contributed by atoms with Crippen LogP contribution in [0.2, 0.25) is 5.02 Å². The maximum Gasteiger partial charge on any atom is 0.278 e. The lowest BCUT2D eigenvalue weighted by atomic mass is 10.1. The molecule has 1 aromatic rings. The maximum absolute atomic E-state index is 10.7. The summed E-state index contributed by atoms with van der Waals surface area (Å²) in [5, 5.41) is 19.5. The molecule has 0 aromatic heterocycles. The van der Waals surface area contributed by atoms with Crippen molar-refractivity contribution in [3.63, 3.8) is 0 Å². The molecule has 0 heterocycles. The fraction of sp³-hybridized carbons (Fsp3) is 0.222. The molecular formula is C9H7ClN2O3. The number of hydrogen-bond acceptors (Lipinski definition) is 4. The number of rotatable bonds is 3. The first kappa shape index (κ1) is 11.3. The summed E-state index contributed by atoms with van der Waals surface area (Å²) in [6.07, 6.45) is -0.0867. The normalized spacial score (nSPS) is 9.40. The van der Waals surface area contributed by atoms with Crippen molar-refractivity contribution in [1.29, 1.82) is 5.26 Å². The zero-order valence-corrected chi connectivity index (χ0v) is 8.61. The zero-order chi connectivity index (χ0) is 11.4. The van der Waals surface area contributed by atoms with E-state index in [1.54, 1.807) is 0 Å². The van der Waals surface area contributed by atoms with Gasteiger partial charge in [-0.2, -0.15) is 5.26 Å². The lowest BCUT2D eigenvalue weighted by molar-refractivity contribution is -0.385. The van der Waals surface area contributed by atoms with E-state index in [9.17, 15) is 10.1 Å². The van der Waals surface area contributed by atoms with Crippen LogP contribution in [0.3, 0.4) is 0 Å². The molecule has 0 amide bonds. The van der Waals surface area contributed by atoms with Crippen LogP contribution in [0, 0.1) is 21.4 Å². The molecule has 5 nitrogen and oxygen atoms in total. The average molecular weight is 227 g/mol. The Bertz CT molecular complexity index is 440. The van der Waals surface area contributed by atoms with Gasteiger partial charge in [-0.1, -0.05) is 11.6 Å². The summed E-state index contributed by atoms with van der Waals surface area (Å²) in [6.45, 7) is 0. The van der Waals surface area contributed by atoms with Crippen LogP contribution < -0.4 is 4.74 Å². The summed E-state index contributed by atoms with van der Waals surface area (Å²) < 4.78 is 4.93. The van der Waals surface area contributed by atoms with Crippen LogP contribution in [0.1, 0.15) is 5.56 Å². The molecule has 6 heteroatoms. The van der Waals surface area contributed by atoms with Gasteiger partial charge in [0.05, 0.1) is 35.1 Å². The van der Waals surface area contributed by atoms with Gasteiger partial charge < -0.3 is 4.74 Å². The molecule has 78 valence electrons. The third-order valence-corrected chi connectivity index (χ3v) is 2.04. The molecule has 1 rings (SSSR count).